The minimum atomic E-state index is 0.632. The van der Waals surface area contributed by atoms with Crippen LogP contribution in [0.3, 0.4) is 0 Å². The van der Waals surface area contributed by atoms with Gasteiger partial charge in [-0.25, -0.2) is 0 Å². The number of pyridine rings is 1. The maximum atomic E-state index is 5.75. The minimum absolute atomic E-state index is 0.632. The number of rotatable bonds is 2. The molecule has 0 saturated heterocycles. The van der Waals surface area contributed by atoms with Crippen LogP contribution in [-0.2, 0) is 0 Å². The minimum Gasteiger partial charge on any atom is -0.496 e. The highest BCUT2D eigenvalue weighted by atomic mass is 16.5. The summed E-state index contributed by atoms with van der Waals surface area (Å²) in [7, 11) is 1.64. The summed E-state index contributed by atoms with van der Waals surface area (Å²) in [4.78, 5) is 4.24. The van der Waals surface area contributed by atoms with Gasteiger partial charge >= 0.3 is 0 Å². The first-order valence-electron chi connectivity index (χ1n) is 5.56. The first-order valence-corrected chi connectivity index (χ1v) is 5.56. The fourth-order valence-corrected chi connectivity index (χ4v) is 1.89. The SMILES string of the molecule is COc1cccc2oc(-c3ccc(N)cn3)cc12. The molecule has 0 unspecified atom stereocenters. The van der Waals surface area contributed by atoms with Gasteiger partial charge in [-0.05, 0) is 30.3 Å². The number of nitrogens with zero attached hydrogens (tertiary/aromatic N) is 1. The van der Waals surface area contributed by atoms with E-state index >= 15 is 0 Å². The molecule has 4 nitrogen and oxygen atoms in total. The van der Waals surface area contributed by atoms with Crippen LogP contribution in [0.5, 0.6) is 5.75 Å². The van der Waals surface area contributed by atoms with Crippen molar-refractivity contribution in [2.24, 2.45) is 0 Å². The Kier molecular flexibility index (Phi) is 2.41. The monoisotopic (exact) mass is 240 g/mol. The van der Waals surface area contributed by atoms with E-state index in [0.29, 0.717) is 11.4 Å². The highest BCUT2D eigenvalue weighted by molar-refractivity contribution is 5.87. The van der Waals surface area contributed by atoms with Gasteiger partial charge < -0.3 is 14.9 Å². The average molecular weight is 240 g/mol. The van der Waals surface area contributed by atoms with Crippen molar-refractivity contribution in [2.45, 2.75) is 0 Å². The third-order valence-corrected chi connectivity index (χ3v) is 2.78. The summed E-state index contributed by atoms with van der Waals surface area (Å²) in [5.41, 5.74) is 7.78. The summed E-state index contributed by atoms with van der Waals surface area (Å²) in [5.74, 6) is 1.49. The number of nitrogen functional groups attached to an aromatic ring is 1. The normalized spacial score (nSPS) is 10.7. The first-order chi connectivity index (χ1) is 8.78. The van der Waals surface area contributed by atoms with Gasteiger partial charge in [-0.1, -0.05) is 6.07 Å². The first kappa shape index (κ1) is 10.7. The van der Waals surface area contributed by atoms with Gasteiger partial charge in [0.15, 0.2) is 5.76 Å². The summed E-state index contributed by atoms with van der Waals surface area (Å²) in [5, 5.41) is 0.939. The number of ether oxygens (including phenoxy) is 1. The van der Waals surface area contributed by atoms with E-state index in [1.54, 1.807) is 19.4 Å². The Labute approximate surface area is 104 Å². The lowest BCUT2D eigenvalue weighted by atomic mass is 10.2. The predicted octanol–water partition coefficient (Wildman–Crippen LogP) is 3.09. The van der Waals surface area contributed by atoms with Crippen LogP contribution in [0.2, 0.25) is 0 Å². The van der Waals surface area contributed by atoms with Gasteiger partial charge in [0.05, 0.1) is 24.4 Å². The van der Waals surface area contributed by atoms with Gasteiger partial charge in [0.25, 0.3) is 0 Å². The zero-order valence-corrected chi connectivity index (χ0v) is 9.88. The molecule has 0 saturated carbocycles. The largest absolute Gasteiger partial charge is 0.496 e. The number of methoxy groups -OCH3 is 1. The van der Waals surface area contributed by atoms with Crippen LogP contribution in [0.15, 0.2) is 47.0 Å². The quantitative estimate of drug-likeness (QED) is 0.747. The topological polar surface area (TPSA) is 61.3 Å². The molecule has 0 fully saturated rings. The third-order valence-electron chi connectivity index (χ3n) is 2.78. The van der Waals surface area contributed by atoms with Gasteiger partial charge in [0.1, 0.15) is 17.0 Å². The standard InChI is InChI=1S/C14H12N2O2/c1-17-12-3-2-4-13-10(12)7-14(18-13)11-6-5-9(15)8-16-11/h2-8H,15H2,1H3. The highest BCUT2D eigenvalue weighted by Gasteiger charge is 2.10. The number of aromatic nitrogens is 1. The predicted molar refractivity (Wildman–Crippen MR) is 70.4 cm³/mol. The van der Waals surface area contributed by atoms with Crippen LogP contribution >= 0.6 is 0 Å². The molecule has 1 aromatic carbocycles. The van der Waals surface area contributed by atoms with Crippen molar-refractivity contribution >= 4 is 16.7 Å². The van der Waals surface area contributed by atoms with Crippen molar-refractivity contribution in [3.8, 4) is 17.2 Å². The number of benzene rings is 1. The Hall–Kier alpha value is -2.49. The summed E-state index contributed by atoms with van der Waals surface area (Å²) in [6.07, 6.45) is 1.61. The number of furan rings is 1. The molecule has 0 amide bonds. The molecule has 2 heterocycles. The van der Waals surface area contributed by atoms with Crippen molar-refractivity contribution in [1.82, 2.24) is 4.98 Å². The van der Waals surface area contributed by atoms with Gasteiger partial charge in [0.2, 0.25) is 0 Å². The molecule has 0 aliphatic carbocycles. The van der Waals surface area contributed by atoms with Crippen molar-refractivity contribution in [1.29, 1.82) is 0 Å². The van der Waals surface area contributed by atoms with E-state index in [1.807, 2.05) is 30.3 Å². The zero-order valence-electron chi connectivity index (χ0n) is 9.88. The van der Waals surface area contributed by atoms with Gasteiger partial charge in [-0.15, -0.1) is 0 Å². The smallest absolute Gasteiger partial charge is 0.153 e. The van der Waals surface area contributed by atoms with E-state index in [9.17, 15) is 0 Å². The Balaban J connectivity index is 2.16. The zero-order chi connectivity index (χ0) is 12.5. The fourth-order valence-electron chi connectivity index (χ4n) is 1.89. The number of nitrogens with two attached hydrogens (primary N) is 1. The molecule has 2 N–H and O–H groups in total. The fraction of sp³-hybridized carbons (Fsp3) is 0.0714. The van der Waals surface area contributed by atoms with Crippen LogP contribution in [0.4, 0.5) is 5.69 Å². The van der Waals surface area contributed by atoms with E-state index in [4.69, 9.17) is 14.9 Å². The summed E-state index contributed by atoms with van der Waals surface area (Å²) in [6, 6.07) is 11.3. The summed E-state index contributed by atoms with van der Waals surface area (Å²) < 4.78 is 11.0. The molecule has 0 aliphatic rings. The maximum Gasteiger partial charge on any atom is 0.153 e. The van der Waals surface area contributed by atoms with Crippen LogP contribution in [-0.4, -0.2) is 12.1 Å². The van der Waals surface area contributed by atoms with Gasteiger partial charge in [0, 0.05) is 0 Å². The highest BCUT2D eigenvalue weighted by Crippen LogP contribution is 2.32. The molecule has 2 aromatic heterocycles. The van der Waals surface area contributed by atoms with E-state index in [2.05, 4.69) is 4.98 Å². The van der Waals surface area contributed by atoms with Crippen LogP contribution in [0, 0.1) is 0 Å². The van der Waals surface area contributed by atoms with Crippen LogP contribution in [0.1, 0.15) is 0 Å². The Morgan fingerprint density at radius 2 is 2.11 bits per heavy atom. The lowest BCUT2D eigenvalue weighted by molar-refractivity contribution is 0.419. The Morgan fingerprint density at radius 1 is 1.22 bits per heavy atom. The molecule has 3 aromatic rings. The van der Waals surface area contributed by atoms with Gasteiger partial charge in [-0.2, -0.15) is 0 Å². The average Bonchev–Trinajstić information content (AvgIpc) is 2.83. The molecule has 4 heteroatoms. The van der Waals surface area contributed by atoms with E-state index in [1.165, 1.54) is 0 Å². The van der Waals surface area contributed by atoms with Crippen LogP contribution in [0.25, 0.3) is 22.4 Å². The maximum absolute atomic E-state index is 5.75. The van der Waals surface area contributed by atoms with E-state index in [-0.39, 0.29) is 0 Å². The second kappa shape index (κ2) is 4.07. The summed E-state index contributed by atoms with van der Waals surface area (Å²) in [6.45, 7) is 0. The van der Waals surface area contributed by atoms with Crippen molar-refractivity contribution in [3.63, 3.8) is 0 Å². The molecule has 90 valence electrons. The number of hydrogen-bond donors (Lipinski definition) is 1. The molecule has 0 atom stereocenters. The third kappa shape index (κ3) is 1.68. The lowest BCUT2D eigenvalue weighted by Gasteiger charge is -1.98. The van der Waals surface area contributed by atoms with Gasteiger partial charge in [-0.3, -0.25) is 4.98 Å². The number of hydrogen-bond acceptors (Lipinski definition) is 4. The van der Waals surface area contributed by atoms with E-state index < -0.39 is 0 Å². The molecule has 0 bridgehead atoms. The molecular weight excluding hydrogens is 228 g/mol. The number of fused-ring (bicyclic) bond motifs is 1. The second-order valence-corrected chi connectivity index (χ2v) is 3.96. The Bertz CT molecular complexity index is 687. The molecule has 0 spiro atoms. The molecule has 0 aliphatic heterocycles. The molecule has 3 rings (SSSR count). The molecule has 18 heavy (non-hydrogen) atoms. The second-order valence-electron chi connectivity index (χ2n) is 3.96. The van der Waals surface area contributed by atoms with Crippen molar-refractivity contribution in [2.75, 3.05) is 12.8 Å². The molecular formula is C14H12N2O2. The van der Waals surface area contributed by atoms with Crippen molar-refractivity contribution in [3.05, 3.63) is 42.6 Å². The van der Waals surface area contributed by atoms with E-state index in [0.717, 1.165) is 22.4 Å². The summed E-state index contributed by atoms with van der Waals surface area (Å²) >= 11 is 0. The van der Waals surface area contributed by atoms with Crippen molar-refractivity contribution < 1.29 is 9.15 Å². The number of anilines is 1. The van der Waals surface area contributed by atoms with Crippen LogP contribution < -0.4 is 10.5 Å². The Morgan fingerprint density at radius 3 is 2.83 bits per heavy atom. The lowest BCUT2D eigenvalue weighted by Crippen LogP contribution is -1.86. The molecule has 0 radical (unpaired) electrons.